The minimum absolute atomic E-state index is 0.283. The van der Waals surface area contributed by atoms with Gasteiger partial charge in [-0.1, -0.05) is 0 Å². The van der Waals surface area contributed by atoms with Gasteiger partial charge in [0.05, 0.1) is 18.6 Å². The molecule has 2 aromatic heterocycles. The van der Waals surface area contributed by atoms with Crippen molar-refractivity contribution in [3.05, 3.63) is 30.6 Å². The number of anilines is 1. The molecular formula is C14H20N6O2S. The van der Waals surface area contributed by atoms with Crippen LogP contribution < -0.4 is 5.32 Å². The first-order valence-electron chi connectivity index (χ1n) is 7.45. The molecule has 23 heavy (non-hydrogen) atoms. The van der Waals surface area contributed by atoms with E-state index in [1.54, 1.807) is 18.6 Å². The molecule has 1 saturated heterocycles. The van der Waals surface area contributed by atoms with Gasteiger partial charge < -0.3 is 5.32 Å². The van der Waals surface area contributed by atoms with E-state index in [1.807, 2.05) is 17.7 Å². The minimum Gasteiger partial charge on any atom is -0.368 e. The van der Waals surface area contributed by atoms with Crippen LogP contribution in [0.15, 0.2) is 24.8 Å². The maximum Gasteiger partial charge on any atom is 0.211 e. The number of hydrogen-bond donors (Lipinski definition) is 1. The summed E-state index contributed by atoms with van der Waals surface area (Å²) in [6.07, 6.45) is 9.01. The van der Waals surface area contributed by atoms with Crippen LogP contribution in [0.2, 0.25) is 0 Å². The molecule has 0 aromatic carbocycles. The van der Waals surface area contributed by atoms with Gasteiger partial charge in [0.15, 0.2) is 5.82 Å². The number of rotatable bonds is 5. The molecule has 0 saturated carbocycles. The van der Waals surface area contributed by atoms with Crippen molar-refractivity contribution in [1.82, 2.24) is 23.8 Å². The third-order valence-corrected chi connectivity index (χ3v) is 5.25. The maximum atomic E-state index is 11.5. The molecule has 0 amide bonds. The highest BCUT2D eigenvalue weighted by Gasteiger charge is 2.28. The van der Waals surface area contributed by atoms with E-state index in [1.165, 1.54) is 10.6 Å². The van der Waals surface area contributed by atoms with E-state index in [2.05, 4.69) is 20.3 Å². The van der Waals surface area contributed by atoms with Crippen LogP contribution in [0.4, 0.5) is 5.82 Å². The van der Waals surface area contributed by atoms with E-state index in [-0.39, 0.29) is 5.92 Å². The van der Waals surface area contributed by atoms with Gasteiger partial charge in [-0.2, -0.15) is 0 Å². The number of nitrogens with one attached hydrogen (secondary N) is 1. The van der Waals surface area contributed by atoms with Gasteiger partial charge >= 0.3 is 0 Å². The molecule has 0 bridgehead atoms. The molecule has 8 nitrogen and oxygen atoms in total. The summed E-state index contributed by atoms with van der Waals surface area (Å²) in [5.74, 6) is 2.50. The van der Waals surface area contributed by atoms with Gasteiger partial charge in [-0.3, -0.25) is 9.55 Å². The summed E-state index contributed by atoms with van der Waals surface area (Å²) >= 11 is 0. The van der Waals surface area contributed by atoms with Crippen LogP contribution in [0.25, 0.3) is 5.82 Å². The van der Waals surface area contributed by atoms with Gasteiger partial charge in [-0.05, 0) is 19.3 Å². The largest absolute Gasteiger partial charge is 0.368 e. The van der Waals surface area contributed by atoms with Gasteiger partial charge in [0.1, 0.15) is 11.6 Å². The van der Waals surface area contributed by atoms with Crippen LogP contribution >= 0.6 is 0 Å². The molecule has 124 valence electrons. The molecule has 1 aliphatic heterocycles. The van der Waals surface area contributed by atoms with E-state index in [4.69, 9.17) is 0 Å². The Bertz CT molecular complexity index is 788. The summed E-state index contributed by atoms with van der Waals surface area (Å²) in [5, 5.41) is 3.25. The van der Waals surface area contributed by atoms with Gasteiger partial charge in [-0.15, -0.1) is 0 Å². The van der Waals surface area contributed by atoms with Crippen molar-refractivity contribution in [2.45, 2.75) is 13.3 Å². The quantitative estimate of drug-likeness (QED) is 0.862. The molecule has 1 unspecified atom stereocenters. The number of imidazole rings is 1. The van der Waals surface area contributed by atoms with Gasteiger partial charge in [-0.25, -0.2) is 22.7 Å². The predicted molar refractivity (Wildman–Crippen MR) is 86.9 cm³/mol. The molecule has 2 aromatic rings. The molecular weight excluding hydrogens is 316 g/mol. The van der Waals surface area contributed by atoms with Crippen molar-refractivity contribution in [3.8, 4) is 5.82 Å². The van der Waals surface area contributed by atoms with Gasteiger partial charge in [0, 0.05) is 32.0 Å². The SMILES string of the molecule is Cc1nccn1-c1cncc(NCC2CCN(S(C)(=O)=O)C2)n1. The average molecular weight is 336 g/mol. The zero-order valence-electron chi connectivity index (χ0n) is 13.2. The van der Waals surface area contributed by atoms with Crippen LogP contribution in [-0.2, 0) is 10.0 Å². The Kier molecular flexibility index (Phi) is 4.31. The van der Waals surface area contributed by atoms with Crippen molar-refractivity contribution in [3.63, 3.8) is 0 Å². The van der Waals surface area contributed by atoms with E-state index in [9.17, 15) is 8.42 Å². The Morgan fingerprint density at radius 1 is 1.39 bits per heavy atom. The number of sulfonamides is 1. The first kappa shape index (κ1) is 15.9. The Balaban J connectivity index is 1.63. The Morgan fingerprint density at radius 3 is 2.87 bits per heavy atom. The average Bonchev–Trinajstić information content (AvgIpc) is 3.14. The van der Waals surface area contributed by atoms with Crippen molar-refractivity contribution in [1.29, 1.82) is 0 Å². The summed E-state index contributed by atoms with van der Waals surface area (Å²) in [7, 11) is -3.09. The zero-order valence-corrected chi connectivity index (χ0v) is 14.0. The second kappa shape index (κ2) is 6.25. The lowest BCUT2D eigenvalue weighted by Crippen LogP contribution is -2.28. The van der Waals surface area contributed by atoms with E-state index in [0.29, 0.717) is 31.3 Å². The third kappa shape index (κ3) is 3.67. The highest BCUT2D eigenvalue weighted by molar-refractivity contribution is 7.88. The predicted octanol–water partition coefficient (Wildman–Crippen LogP) is 0.664. The van der Waals surface area contributed by atoms with Gasteiger partial charge in [0.2, 0.25) is 10.0 Å². The fraction of sp³-hybridized carbons (Fsp3) is 0.500. The molecule has 3 heterocycles. The van der Waals surface area contributed by atoms with E-state index in [0.717, 1.165) is 12.2 Å². The van der Waals surface area contributed by atoms with E-state index >= 15 is 0 Å². The fourth-order valence-electron chi connectivity index (χ4n) is 2.69. The van der Waals surface area contributed by atoms with Crippen LogP contribution in [0.1, 0.15) is 12.2 Å². The first-order chi connectivity index (χ1) is 10.9. The molecule has 0 radical (unpaired) electrons. The van der Waals surface area contributed by atoms with E-state index < -0.39 is 10.0 Å². The summed E-state index contributed by atoms with van der Waals surface area (Å²) in [6, 6.07) is 0. The molecule has 1 N–H and O–H groups in total. The van der Waals surface area contributed by atoms with Crippen LogP contribution in [-0.4, -0.2) is 58.1 Å². The van der Waals surface area contributed by atoms with Crippen molar-refractivity contribution in [2.75, 3.05) is 31.2 Å². The van der Waals surface area contributed by atoms with Crippen LogP contribution in [0.5, 0.6) is 0 Å². The molecule has 0 aliphatic carbocycles. The summed E-state index contributed by atoms with van der Waals surface area (Å²) in [6.45, 7) is 3.72. The fourth-order valence-corrected chi connectivity index (χ4v) is 3.61. The summed E-state index contributed by atoms with van der Waals surface area (Å²) in [5.41, 5.74) is 0. The molecule has 1 aliphatic rings. The van der Waals surface area contributed by atoms with Gasteiger partial charge in [0.25, 0.3) is 0 Å². The Hall–Kier alpha value is -2.00. The Labute approximate surface area is 135 Å². The number of aromatic nitrogens is 4. The third-order valence-electron chi connectivity index (χ3n) is 3.98. The molecule has 1 fully saturated rings. The lowest BCUT2D eigenvalue weighted by atomic mass is 10.1. The second-order valence-corrected chi connectivity index (χ2v) is 7.75. The number of hydrogen-bond acceptors (Lipinski definition) is 6. The lowest BCUT2D eigenvalue weighted by molar-refractivity contribution is 0.466. The number of nitrogens with zero attached hydrogens (tertiary/aromatic N) is 5. The maximum absolute atomic E-state index is 11.5. The van der Waals surface area contributed by atoms with Crippen LogP contribution in [0, 0.1) is 12.8 Å². The topological polar surface area (TPSA) is 93.0 Å². The molecule has 3 rings (SSSR count). The normalized spacial score (nSPS) is 19.1. The lowest BCUT2D eigenvalue weighted by Gasteiger charge is -2.14. The second-order valence-electron chi connectivity index (χ2n) is 5.76. The van der Waals surface area contributed by atoms with Crippen LogP contribution in [0.3, 0.4) is 0 Å². The zero-order chi connectivity index (χ0) is 16.4. The van der Waals surface area contributed by atoms with Crippen molar-refractivity contribution >= 4 is 15.8 Å². The molecule has 9 heteroatoms. The molecule has 0 spiro atoms. The first-order valence-corrected chi connectivity index (χ1v) is 9.29. The number of aryl methyl sites for hydroxylation is 1. The highest BCUT2D eigenvalue weighted by Crippen LogP contribution is 2.19. The monoisotopic (exact) mass is 336 g/mol. The minimum atomic E-state index is -3.09. The standard InChI is InChI=1S/C14H20N6O2S/c1-11-16-4-6-20(11)14-9-15-8-13(18-14)17-7-12-3-5-19(10-12)23(2,21)22/h4,6,8-9,12H,3,5,7,10H2,1-2H3,(H,17,18). The van der Waals surface area contributed by atoms with Crippen molar-refractivity contribution in [2.24, 2.45) is 5.92 Å². The Morgan fingerprint density at radius 2 is 2.22 bits per heavy atom. The smallest absolute Gasteiger partial charge is 0.211 e. The van der Waals surface area contributed by atoms with Crippen molar-refractivity contribution < 1.29 is 8.42 Å². The summed E-state index contributed by atoms with van der Waals surface area (Å²) in [4.78, 5) is 12.9. The summed E-state index contributed by atoms with van der Waals surface area (Å²) < 4.78 is 26.5. The molecule has 1 atom stereocenters. The highest BCUT2D eigenvalue weighted by atomic mass is 32.2.